The first-order valence-corrected chi connectivity index (χ1v) is 6.14. The second kappa shape index (κ2) is 5.61. The average Bonchev–Trinajstić information content (AvgIpc) is 2.30. The van der Waals surface area contributed by atoms with E-state index in [2.05, 4.69) is 10.2 Å². The molecule has 2 rings (SSSR count). The van der Waals surface area contributed by atoms with Crippen molar-refractivity contribution >= 4 is 5.97 Å². The molecule has 0 unspecified atom stereocenters. The molecule has 0 radical (unpaired) electrons. The highest BCUT2D eigenvalue weighted by atomic mass is 16.4. The predicted molar refractivity (Wildman–Crippen MR) is 61.5 cm³/mol. The van der Waals surface area contributed by atoms with E-state index in [1.165, 1.54) is 0 Å². The number of piperidine rings is 1. The van der Waals surface area contributed by atoms with Crippen molar-refractivity contribution in [2.45, 2.75) is 18.9 Å². The summed E-state index contributed by atoms with van der Waals surface area (Å²) in [5, 5.41) is 12.1. The van der Waals surface area contributed by atoms with Gasteiger partial charge in [0.2, 0.25) is 0 Å². The molecule has 0 atom stereocenters. The van der Waals surface area contributed by atoms with E-state index in [4.69, 9.17) is 5.11 Å². The van der Waals surface area contributed by atoms with Crippen LogP contribution in [0.3, 0.4) is 0 Å². The third-order valence-corrected chi connectivity index (χ3v) is 3.58. The van der Waals surface area contributed by atoms with Crippen molar-refractivity contribution in [1.29, 1.82) is 0 Å². The van der Waals surface area contributed by atoms with Gasteiger partial charge in [0.15, 0.2) is 0 Å². The largest absolute Gasteiger partial charge is 0.480 e. The van der Waals surface area contributed by atoms with Crippen LogP contribution in [0, 0.1) is 0 Å². The van der Waals surface area contributed by atoms with Gasteiger partial charge in [-0.3, -0.25) is 14.6 Å². The quantitative estimate of drug-likeness (QED) is 0.677. The van der Waals surface area contributed by atoms with Crippen LogP contribution in [-0.4, -0.2) is 72.7 Å². The fraction of sp³-hybridized carbons (Fsp3) is 0.909. The Kier molecular flexibility index (Phi) is 4.15. The SMILES string of the molecule is O=C(O)CN1CCC(N2CCNCC2)CC1. The van der Waals surface area contributed by atoms with Gasteiger partial charge in [0.1, 0.15) is 0 Å². The van der Waals surface area contributed by atoms with E-state index in [0.717, 1.165) is 52.1 Å². The highest BCUT2D eigenvalue weighted by molar-refractivity contribution is 5.69. The van der Waals surface area contributed by atoms with Crippen LogP contribution in [0.2, 0.25) is 0 Å². The topological polar surface area (TPSA) is 55.8 Å². The second-order valence-electron chi connectivity index (χ2n) is 4.69. The summed E-state index contributed by atoms with van der Waals surface area (Å²) >= 11 is 0. The molecule has 0 aromatic rings. The summed E-state index contributed by atoms with van der Waals surface area (Å²) in [6, 6.07) is 0.673. The van der Waals surface area contributed by atoms with Crippen LogP contribution in [0.25, 0.3) is 0 Å². The van der Waals surface area contributed by atoms with Crippen molar-refractivity contribution < 1.29 is 9.90 Å². The maximum Gasteiger partial charge on any atom is 0.317 e. The van der Waals surface area contributed by atoms with Crippen molar-refractivity contribution in [3.8, 4) is 0 Å². The second-order valence-corrected chi connectivity index (χ2v) is 4.69. The van der Waals surface area contributed by atoms with Crippen LogP contribution < -0.4 is 5.32 Å². The summed E-state index contributed by atoms with van der Waals surface area (Å²) in [6.07, 6.45) is 2.24. The van der Waals surface area contributed by atoms with Gasteiger partial charge in [-0.25, -0.2) is 0 Å². The third-order valence-electron chi connectivity index (χ3n) is 3.58. The van der Waals surface area contributed by atoms with Gasteiger partial charge in [-0.1, -0.05) is 0 Å². The Hall–Kier alpha value is -0.650. The molecule has 0 spiro atoms. The molecule has 0 amide bonds. The zero-order valence-electron chi connectivity index (χ0n) is 9.69. The Labute approximate surface area is 96.4 Å². The van der Waals surface area contributed by atoms with Crippen molar-refractivity contribution in [2.24, 2.45) is 0 Å². The average molecular weight is 227 g/mol. The lowest BCUT2D eigenvalue weighted by Gasteiger charge is -2.39. The molecular weight excluding hydrogens is 206 g/mol. The Morgan fingerprint density at radius 3 is 2.38 bits per heavy atom. The number of rotatable bonds is 3. The van der Waals surface area contributed by atoms with Gasteiger partial charge in [-0.15, -0.1) is 0 Å². The molecule has 5 heteroatoms. The molecule has 2 fully saturated rings. The Balaban J connectivity index is 1.73. The predicted octanol–water partition coefficient (Wildman–Crippen LogP) is -0.559. The molecule has 2 aliphatic heterocycles. The van der Waals surface area contributed by atoms with Crippen LogP contribution in [0.15, 0.2) is 0 Å². The van der Waals surface area contributed by atoms with Crippen LogP contribution >= 0.6 is 0 Å². The molecule has 0 saturated carbocycles. The van der Waals surface area contributed by atoms with E-state index in [1.807, 2.05) is 4.90 Å². The van der Waals surface area contributed by atoms with E-state index < -0.39 is 5.97 Å². The Bertz CT molecular complexity index is 233. The van der Waals surface area contributed by atoms with E-state index >= 15 is 0 Å². The number of aliphatic carboxylic acids is 1. The highest BCUT2D eigenvalue weighted by Crippen LogP contribution is 2.16. The molecule has 92 valence electrons. The van der Waals surface area contributed by atoms with Crippen LogP contribution in [-0.2, 0) is 4.79 Å². The fourth-order valence-corrected chi connectivity index (χ4v) is 2.68. The van der Waals surface area contributed by atoms with Crippen molar-refractivity contribution in [1.82, 2.24) is 15.1 Å². The van der Waals surface area contributed by atoms with Crippen molar-refractivity contribution in [3.05, 3.63) is 0 Å². The molecule has 2 N–H and O–H groups in total. The standard InChI is InChI=1S/C11H21N3O2/c15-11(16)9-13-5-1-10(2-6-13)14-7-3-12-4-8-14/h10,12H,1-9H2,(H,15,16). The van der Waals surface area contributed by atoms with E-state index in [-0.39, 0.29) is 6.54 Å². The molecule has 16 heavy (non-hydrogen) atoms. The van der Waals surface area contributed by atoms with Gasteiger partial charge in [0.05, 0.1) is 6.54 Å². The number of piperazine rings is 1. The van der Waals surface area contributed by atoms with Gasteiger partial charge >= 0.3 is 5.97 Å². The normalized spacial score (nSPS) is 25.8. The highest BCUT2D eigenvalue weighted by Gasteiger charge is 2.25. The number of nitrogens with one attached hydrogen (secondary N) is 1. The minimum Gasteiger partial charge on any atom is -0.480 e. The lowest BCUT2D eigenvalue weighted by molar-refractivity contribution is -0.138. The van der Waals surface area contributed by atoms with Gasteiger partial charge < -0.3 is 10.4 Å². The van der Waals surface area contributed by atoms with Gasteiger partial charge in [0, 0.05) is 45.3 Å². The van der Waals surface area contributed by atoms with Gasteiger partial charge in [0.25, 0.3) is 0 Å². The zero-order chi connectivity index (χ0) is 11.4. The van der Waals surface area contributed by atoms with E-state index in [0.29, 0.717) is 6.04 Å². The van der Waals surface area contributed by atoms with Gasteiger partial charge in [-0.05, 0) is 12.8 Å². The molecule has 2 heterocycles. The molecule has 0 aliphatic carbocycles. The first-order chi connectivity index (χ1) is 7.75. The summed E-state index contributed by atoms with van der Waals surface area (Å²) < 4.78 is 0. The maximum absolute atomic E-state index is 10.6. The number of carbonyl (C=O) groups is 1. The molecule has 0 aromatic heterocycles. The summed E-state index contributed by atoms with van der Waals surface area (Å²) in [5.41, 5.74) is 0. The zero-order valence-corrected chi connectivity index (χ0v) is 9.69. The minimum atomic E-state index is -0.708. The summed E-state index contributed by atoms with van der Waals surface area (Å²) in [4.78, 5) is 15.2. The number of carboxylic acids is 1. The van der Waals surface area contributed by atoms with Gasteiger partial charge in [-0.2, -0.15) is 0 Å². The number of nitrogens with zero attached hydrogens (tertiary/aromatic N) is 2. The fourth-order valence-electron chi connectivity index (χ4n) is 2.68. The molecule has 0 bridgehead atoms. The van der Waals surface area contributed by atoms with Crippen LogP contribution in [0.5, 0.6) is 0 Å². The Morgan fingerprint density at radius 2 is 1.81 bits per heavy atom. The lowest BCUT2D eigenvalue weighted by Crippen LogP contribution is -2.52. The van der Waals surface area contributed by atoms with E-state index in [9.17, 15) is 4.79 Å². The summed E-state index contributed by atoms with van der Waals surface area (Å²) in [6.45, 7) is 6.54. The molecule has 2 saturated heterocycles. The number of hydrogen-bond donors (Lipinski definition) is 2. The maximum atomic E-state index is 10.6. The smallest absolute Gasteiger partial charge is 0.317 e. The van der Waals surface area contributed by atoms with Crippen LogP contribution in [0.4, 0.5) is 0 Å². The summed E-state index contributed by atoms with van der Waals surface area (Å²) in [5.74, 6) is -0.708. The Morgan fingerprint density at radius 1 is 1.19 bits per heavy atom. The first kappa shape index (κ1) is 11.8. The molecule has 0 aromatic carbocycles. The van der Waals surface area contributed by atoms with Crippen molar-refractivity contribution in [2.75, 3.05) is 45.8 Å². The number of carboxylic acid groups (broad SMARTS) is 1. The van der Waals surface area contributed by atoms with Crippen LogP contribution in [0.1, 0.15) is 12.8 Å². The lowest BCUT2D eigenvalue weighted by atomic mass is 10.0. The minimum absolute atomic E-state index is 0.203. The first-order valence-electron chi connectivity index (χ1n) is 6.14. The van der Waals surface area contributed by atoms with E-state index in [1.54, 1.807) is 0 Å². The monoisotopic (exact) mass is 227 g/mol. The summed E-state index contributed by atoms with van der Waals surface area (Å²) in [7, 11) is 0. The third kappa shape index (κ3) is 3.17. The molecule has 5 nitrogen and oxygen atoms in total. The number of likely N-dealkylation sites (tertiary alicyclic amines) is 1. The molecule has 2 aliphatic rings. The molecular formula is C11H21N3O2. The van der Waals surface area contributed by atoms with Crippen molar-refractivity contribution in [3.63, 3.8) is 0 Å². The number of hydrogen-bond acceptors (Lipinski definition) is 4.